The average Bonchev–Trinajstić information content (AvgIpc) is 2.34. The lowest BCUT2D eigenvalue weighted by Gasteiger charge is -2.23. The molecule has 0 aromatic carbocycles. The van der Waals surface area contributed by atoms with Crippen molar-refractivity contribution < 1.29 is 28.5 Å². The second kappa shape index (κ2) is 11.0. The van der Waals surface area contributed by atoms with E-state index in [1.54, 1.807) is 27.7 Å². The SMILES string of the molecule is CC(C)OP(=O)(COO[C@H](CO)CCN=[N+]=[N-])OC(C)C. The van der Waals surface area contributed by atoms with Gasteiger partial charge in [-0.2, -0.15) is 0 Å². The van der Waals surface area contributed by atoms with Crippen LogP contribution < -0.4 is 0 Å². The van der Waals surface area contributed by atoms with Crippen LogP contribution >= 0.6 is 7.60 Å². The van der Waals surface area contributed by atoms with Crippen LogP contribution in [-0.4, -0.2) is 42.9 Å². The zero-order chi connectivity index (χ0) is 16.3. The number of rotatable bonds is 12. The molecular weight excluding hydrogens is 301 g/mol. The largest absolute Gasteiger partial charge is 0.394 e. The lowest BCUT2D eigenvalue weighted by atomic mass is 10.3. The van der Waals surface area contributed by atoms with Gasteiger partial charge in [0.05, 0.1) is 18.8 Å². The van der Waals surface area contributed by atoms with Gasteiger partial charge in [-0.3, -0.25) is 4.57 Å². The summed E-state index contributed by atoms with van der Waals surface area (Å²) in [5, 5.41) is 12.4. The first-order valence-corrected chi connectivity index (χ1v) is 8.41. The Morgan fingerprint density at radius 1 is 1.24 bits per heavy atom. The Labute approximate surface area is 124 Å². The fraction of sp³-hybridized carbons (Fsp3) is 1.00. The van der Waals surface area contributed by atoms with Crippen LogP contribution in [0, 0.1) is 0 Å². The molecule has 0 spiro atoms. The van der Waals surface area contributed by atoms with E-state index < -0.39 is 13.7 Å². The van der Waals surface area contributed by atoms with E-state index in [-0.39, 0.29) is 38.1 Å². The van der Waals surface area contributed by atoms with E-state index >= 15 is 0 Å². The van der Waals surface area contributed by atoms with Gasteiger partial charge < -0.3 is 14.2 Å². The Morgan fingerprint density at radius 3 is 2.24 bits per heavy atom. The summed E-state index contributed by atoms with van der Waals surface area (Å²) in [5.41, 5.74) is 8.16. The predicted octanol–water partition coefficient (Wildman–Crippen LogP) is 3.00. The van der Waals surface area contributed by atoms with Crippen LogP contribution in [0.4, 0.5) is 0 Å². The summed E-state index contributed by atoms with van der Waals surface area (Å²) >= 11 is 0. The van der Waals surface area contributed by atoms with Crippen LogP contribution in [0.5, 0.6) is 0 Å². The van der Waals surface area contributed by atoms with Crippen LogP contribution in [0.1, 0.15) is 34.1 Å². The summed E-state index contributed by atoms with van der Waals surface area (Å²) in [6, 6.07) is 0. The van der Waals surface area contributed by atoms with Crippen LogP contribution in [0.15, 0.2) is 5.11 Å². The number of hydrogen-bond donors (Lipinski definition) is 1. The molecule has 0 fully saturated rings. The molecule has 0 radical (unpaired) electrons. The van der Waals surface area contributed by atoms with Gasteiger partial charge in [-0.1, -0.05) is 5.11 Å². The van der Waals surface area contributed by atoms with E-state index in [1.165, 1.54) is 0 Å². The summed E-state index contributed by atoms with van der Waals surface area (Å²) in [6.07, 6.45) is -1.38. The Hall–Kier alpha value is -0.660. The van der Waals surface area contributed by atoms with Crippen molar-refractivity contribution in [1.29, 1.82) is 0 Å². The topological polar surface area (TPSA) is 123 Å². The van der Waals surface area contributed by atoms with E-state index in [0.29, 0.717) is 0 Å². The smallest absolute Gasteiger partial charge is 0.359 e. The molecule has 0 aliphatic carbocycles. The minimum Gasteiger partial charge on any atom is -0.394 e. The summed E-state index contributed by atoms with van der Waals surface area (Å²) in [5.74, 6) is 0. The first-order chi connectivity index (χ1) is 9.83. The molecule has 10 heteroatoms. The first-order valence-electron chi connectivity index (χ1n) is 6.68. The number of nitrogens with zero attached hydrogens (tertiary/aromatic N) is 3. The van der Waals surface area contributed by atoms with E-state index in [1.807, 2.05) is 0 Å². The molecule has 21 heavy (non-hydrogen) atoms. The zero-order valence-corrected chi connectivity index (χ0v) is 13.7. The van der Waals surface area contributed by atoms with E-state index in [9.17, 15) is 4.57 Å². The minimum absolute atomic E-state index is 0.160. The van der Waals surface area contributed by atoms with E-state index in [0.717, 1.165) is 0 Å². The normalized spacial score (nSPS) is 13.5. The molecule has 0 amide bonds. The van der Waals surface area contributed by atoms with Crippen molar-refractivity contribution in [2.45, 2.75) is 52.4 Å². The molecule has 0 heterocycles. The van der Waals surface area contributed by atoms with Crippen molar-refractivity contribution in [1.82, 2.24) is 0 Å². The van der Waals surface area contributed by atoms with Gasteiger partial charge in [0.15, 0.2) is 6.35 Å². The monoisotopic (exact) mass is 325 g/mol. The third-order valence-corrected chi connectivity index (χ3v) is 3.88. The molecule has 0 aliphatic heterocycles. The first kappa shape index (κ1) is 20.3. The van der Waals surface area contributed by atoms with E-state index in [4.69, 9.17) is 29.5 Å². The molecule has 0 aromatic rings. The lowest BCUT2D eigenvalue weighted by Crippen LogP contribution is -2.20. The number of aliphatic hydroxyl groups is 1. The molecule has 0 aromatic heterocycles. The quantitative estimate of drug-likeness (QED) is 0.147. The van der Waals surface area contributed by atoms with Gasteiger partial charge in [-0.15, -0.1) is 0 Å². The van der Waals surface area contributed by atoms with Crippen LogP contribution in [0.2, 0.25) is 0 Å². The maximum atomic E-state index is 12.4. The highest BCUT2D eigenvalue weighted by atomic mass is 31.2. The molecule has 0 saturated heterocycles. The second-order valence-electron chi connectivity index (χ2n) is 4.81. The fourth-order valence-electron chi connectivity index (χ4n) is 1.34. The Balaban J connectivity index is 4.33. The molecule has 0 bridgehead atoms. The van der Waals surface area contributed by atoms with Crippen molar-refractivity contribution in [2.75, 3.05) is 19.5 Å². The summed E-state index contributed by atoms with van der Waals surface area (Å²) in [6.45, 7) is 6.76. The van der Waals surface area contributed by atoms with Gasteiger partial charge in [0.1, 0.15) is 6.10 Å². The third-order valence-electron chi connectivity index (χ3n) is 1.98. The van der Waals surface area contributed by atoms with Gasteiger partial charge in [0.2, 0.25) is 0 Å². The Bertz CT molecular complexity index is 359. The number of hydrogen-bond acceptors (Lipinski definition) is 7. The van der Waals surface area contributed by atoms with Crippen molar-refractivity contribution in [3.8, 4) is 0 Å². The maximum absolute atomic E-state index is 12.4. The molecule has 1 atom stereocenters. The van der Waals surface area contributed by atoms with E-state index in [2.05, 4.69) is 10.0 Å². The second-order valence-corrected chi connectivity index (χ2v) is 6.71. The van der Waals surface area contributed by atoms with Gasteiger partial charge in [-0.25, -0.2) is 9.78 Å². The van der Waals surface area contributed by atoms with Crippen LogP contribution in [-0.2, 0) is 23.4 Å². The summed E-state index contributed by atoms with van der Waals surface area (Å²) < 4.78 is 22.9. The molecule has 0 rings (SSSR count). The van der Waals surface area contributed by atoms with Crippen molar-refractivity contribution >= 4 is 7.60 Å². The summed E-state index contributed by atoms with van der Waals surface area (Å²) in [7, 11) is -3.44. The highest BCUT2D eigenvalue weighted by molar-refractivity contribution is 7.53. The Kier molecular flexibility index (Phi) is 10.6. The molecule has 0 saturated carbocycles. The molecular formula is C11H24N3O6P. The van der Waals surface area contributed by atoms with Gasteiger partial charge in [-0.05, 0) is 39.6 Å². The zero-order valence-electron chi connectivity index (χ0n) is 12.8. The maximum Gasteiger partial charge on any atom is 0.359 e. The standard InChI is InChI=1S/C11H24N3O6P/c1-9(2)19-21(16,20-10(3)4)8-17-18-11(7-15)5-6-13-14-12/h9-11,15H,5-8H2,1-4H3/t11-/m0/s1. The van der Waals surface area contributed by atoms with Gasteiger partial charge in [0, 0.05) is 11.5 Å². The van der Waals surface area contributed by atoms with Gasteiger partial charge in [0.25, 0.3) is 0 Å². The molecule has 124 valence electrons. The van der Waals surface area contributed by atoms with Crippen molar-refractivity contribution in [3.63, 3.8) is 0 Å². The average molecular weight is 325 g/mol. The van der Waals surface area contributed by atoms with Gasteiger partial charge >= 0.3 is 7.60 Å². The molecule has 9 nitrogen and oxygen atoms in total. The van der Waals surface area contributed by atoms with Crippen LogP contribution in [0.3, 0.4) is 0 Å². The highest BCUT2D eigenvalue weighted by Gasteiger charge is 2.29. The lowest BCUT2D eigenvalue weighted by molar-refractivity contribution is -0.319. The molecule has 0 aliphatic rings. The molecule has 0 unspecified atom stereocenters. The minimum atomic E-state index is -3.44. The molecule has 1 N–H and O–H groups in total. The highest BCUT2D eigenvalue weighted by Crippen LogP contribution is 2.50. The number of aliphatic hydroxyl groups excluding tert-OH is 1. The Morgan fingerprint density at radius 2 is 1.81 bits per heavy atom. The third kappa shape index (κ3) is 10.7. The summed E-state index contributed by atoms with van der Waals surface area (Å²) in [4.78, 5) is 12.4. The fourth-order valence-corrected chi connectivity index (χ4v) is 2.98. The van der Waals surface area contributed by atoms with Crippen molar-refractivity contribution in [2.24, 2.45) is 5.11 Å². The number of azide groups is 1. The van der Waals surface area contributed by atoms with Crippen molar-refractivity contribution in [3.05, 3.63) is 10.4 Å². The van der Waals surface area contributed by atoms with Crippen LogP contribution in [0.25, 0.3) is 10.4 Å². The predicted molar refractivity (Wildman–Crippen MR) is 76.6 cm³/mol.